The number of hydrogen-bond donors (Lipinski definition) is 2. The van der Waals surface area contributed by atoms with Gasteiger partial charge in [0.15, 0.2) is 0 Å². The maximum Gasteiger partial charge on any atom is 0.0544 e. The lowest BCUT2D eigenvalue weighted by Crippen LogP contribution is -2.19. The molecule has 4 heteroatoms. The SMILES string of the molecule is c1ccc(-c2cc3ccccc3c(-c3c(NP(c4ccccc4)c4ccccc4)c(-c4ccccc4)cc4ccccc34)c2NP(c2ccccc2)c2ccccc2)cc1. The number of nitrogens with one attached hydrogen (secondary N) is 2. The van der Waals surface area contributed by atoms with Crippen LogP contribution in [-0.4, -0.2) is 0 Å². The summed E-state index contributed by atoms with van der Waals surface area (Å²) in [6, 6.07) is 88.2. The number of rotatable bonds is 11. The van der Waals surface area contributed by atoms with Crippen molar-refractivity contribution in [1.29, 1.82) is 0 Å². The molecule has 0 aliphatic rings. The van der Waals surface area contributed by atoms with E-state index in [2.05, 4.69) is 253 Å². The van der Waals surface area contributed by atoms with Crippen molar-refractivity contribution in [2.24, 2.45) is 0 Å². The van der Waals surface area contributed by atoms with Crippen LogP contribution in [0.3, 0.4) is 0 Å². The molecule has 10 rings (SSSR count). The Kier molecular flexibility index (Phi) is 10.7. The Hall–Kier alpha value is -6.82. The zero-order valence-corrected chi connectivity index (χ0v) is 34.8. The maximum absolute atomic E-state index is 4.35. The van der Waals surface area contributed by atoms with Gasteiger partial charge in [0.2, 0.25) is 0 Å². The van der Waals surface area contributed by atoms with E-state index in [0.717, 1.165) is 33.6 Å². The first-order valence-corrected chi connectivity index (χ1v) is 23.0. The zero-order chi connectivity index (χ0) is 40.1. The molecule has 10 aromatic carbocycles. The Balaban J connectivity index is 1.36. The minimum absolute atomic E-state index is 1.06. The highest BCUT2D eigenvalue weighted by Crippen LogP contribution is 2.54. The summed E-state index contributed by atoms with van der Waals surface area (Å²) in [6.45, 7) is 0. The highest BCUT2D eigenvalue weighted by molar-refractivity contribution is 7.74. The molecule has 60 heavy (non-hydrogen) atoms. The van der Waals surface area contributed by atoms with Gasteiger partial charge in [-0.2, -0.15) is 0 Å². The van der Waals surface area contributed by atoms with Crippen molar-refractivity contribution in [3.05, 3.63) is 243 Å². The molecule has 0 saturated carbocycles. The lowest BCUT2D eigenvalue weighted by molar-refractivity contribution is 1.59. The van der Waals surface area contributed by atoms with E-state index in [1.807, 2.05) is 0 Å². The zero-order valence-electron chi connectivity index (χ0n) is 33.0. The van der Waals surface area contributed by atoms with E-state index in [1.54, 1.807) is 0 Å². The van der Waals surface area contributed by atoms with Gasteiger partial charge in [0.25, 0.3) is 0 Å². The molecule has 10 aromatic rings. The summed E-state index contributed by atoms with van der Waals surface area (Å²) in [5.41, 5.74) is 9.24. The Labute approximate surface area is 354 Å². The third kappa shape index (κ3) is 7.49. The molecule has 0 radical (unpaired) electrons. The Morgan fingerprint density at radius 2 is 0.533 bits per heavy atom. The van der Waals surface area contributed by atoms with E-state index < -0.39 is 16.1 Å². The van der Waals surface area contributed by atoms with Crippen molar-refractivity contribution in [1.82, 2.24) is 0 Å². The molecule has 0 heterocycles. The Morgan fingerprint density at radius 1 is 0.267 bits per heavy atom. The standard InChI is InChI=1S/C56H42N2P2/c1-7-23-41(24-8-1)51-39-43-27-19-21-37-49(43)53(55(51)57-59(45-29-11-3-12-30-45)46-31-13-4-14-32-46)54-50-38-22-20-28-44(50)40-52(42-25-9-2-10-26-42)56(54)58-60(47-33-15-5-16-34-47)48-35-17-6-18-36-48/h1-40,57-58H. The van der Waals surface area contributed by atoms with E-state index in [0.29, 0.717) is 0 Å². The molecule has 0 spiro atoms. The molecule has 0 aliphatic heterocycles. The van der Waals surface area contributed by atoms with Crippen LogP contribution in [0.25, 0.3) is 54.9 Å². The van der Waals surface area contributed by atoms with Crippen LogP contribution in [0.1, 0.15) is 0 Å². The molecular weight excluding hydrogens is 763 g/mol. The average Bonchev–Trinajstić information content (AvgIpc) is 3.33. The fourth-order valence-electron chi connectivity index (χ4n) is 8.23. The number of benzene rings is 10. The third-order valence-electron chi connectivity index (χ3n) is 11.0. The van der Waals surface area contributed by atoms with E-state index in [4.69, 9.17) is 0 Å². The number of fused-ring (bicyclic) bond motifs is 2. The van der Waals surface area contributed by atoms with Crippen molar-refractivity contribution in [3.8, 4) is 33.4 Å². The molecule has 0 aromatic heterocycles. The normalized spacial score (nSPS) is 11.3. The van der Waals surface area contributed by atoms with Crippen LogP contribution in [0.15, 0.2) is 243 Å². The first kappa shape index (κ1) is 37.5. The summed E-state index contributed by atoms with van der Waals surface area (Å²) >= 11 is 0. The van der Waals surface area contributed by atoms with Gasteiger partial charge in [-0.1, -0.05) is 231 Å². The molecule has 0 aliphatic carbocycles. The van der Waals surface area contributed by atoms with Gasteiger partial charge in [-0.25, -0.2) is 0 Å². The monoisotopic (exact) mass is 804 g/mol. The summed E-state index contributed by atoms with van der Waals surface area (Å²) in [5.74, 6) is 0. The quantitative estimate of drug-likeness (QED) is 0.127. The summed E-state index contributed by atoms with van der Waals surface area (Å²) in [6.07, 6.45) is 0. The summed E-state index contributed by atoms with van der Waals surface area (Å²) in [7, 11) is -2.11. The predicted octanol–water partition coefficient (Wildman–Crippen LogP) is 13.9. The lowest BCUT2D eigenvalue weighted by Gasteiger charge is -2.30. The van der Waals surface area contributed by atoms with Gasteiger partial charge >= 0.3 is 0 Å². The Bertz CT molecular complexity index is 2730. The lowest BCUT2D eigenvalue weighted by atomic mass is 9.85. The Morgan fingerprint density at radius 3 is 0.850 bits per heavy atom. The molecule has 0 saturated heterocycles. The summed E-state index contributed by atoms with van der Waals surface area (Å²) in [4.78, 5) is 0. The van der Waals surface area contributed by atoms with E-state index >= 15 is 0 Å². The molecule has 286 valence electrons. The minimum atomic E-state index is -1.06. The van der Waals surface area contributed by atoms with Gasteiger partial charge in [-0.05, 0) is 44.8 Å². The fraction of sp³-hybridized carbons (Fsp3) is 0. The largest absolute Gasteiger partial charge is 0.356 e. The third-order valence-corrected chi connectivity index (χ3v) is 15.2. The second-order valence-electron chi connectivity index (χ2n) is 14.8. The van der Waals surface area contributed by atoms with Crippen molar-refractivity contribution in [3.63, 3.8) is 0 Å². The second kappa shape index (κ2) is 17.2. The fourth-order valence-corrected chi connectivity index (χ4v) is 12.1. The van der Waals surface area contributed by atoms with E-state index in [9.17, 15) is 0 Å². The van der Waals surface area contributed by atoms with Crippen LogP contribution in [-0.2, 0) is 0 Å². The first-order valence-electron chi connectivity index (χ1n) is 20.4. The highest BCUT2D eigenvalue weighted by atomic mass is 31.1. The van der Waals surface area contributed by atoms with Crippen LogP contribution in [0.5, 0.6) is 0 Å². The van der Waals surface area contributed by atoms with Crippen LogP contribution in [0.4, 0.5) is 11.4 Å². The van der Waals surface area contributed by atoms with Crippen molar-refractivity contribution >= 4 is 70.3 Å². The van der Waals surface area contributed by atoms with Crippen molar-refractivity contribution < 1.29 is 0 Å². The smallest absolute Gasteiger partial charge is 0.0544 e. The number of hydrogen-bond acceptors (Lipinski definition) is 2. The summed E-state index contributed by atoms with van der Waals surface area (Å²) < 4.78 is 0. The maximum atomic E-state index is 4.35. The topological polar surface area (TPSA) is 24.1 Å². The van der Waals surface area contributed by atoms with Gasteiger partial charge < -0.3 is 10.2 Å². The van der Waals surface area contributed by atoms with Crippen LogP contribution < -0.4 is 31.4 Å². The molecule has 0 atom stereocenters. The van der Waals surface area contributed by atoms with Crippen LogP contribution in [0.2, 0.25) is 0 Å². The molecule has 0 amide bonds. The van der Waals surface area contributed by atoms with Crippen LogP contribution >= 0.6 is 16.1 Å². The molecule has 0 unspecified atom stereocenters. The minimum Gasteiger partial charge on any atom is -0.356 e. The van der Waals surface area contributed by atoms with Crippen molar-refractivity contribution in [2.45, 2.75) is 0 Å². The van der Waals surface area contributed by atoms with Crippen molar-refractivity contribution in [2.75, 3.05) is 10.2 Å². The van der Waals surface area contributed by atoms with Gasteiger partial charge in [0.05, 0.1) is 27.5 Å². The molecular formula is C56H42N2P2. The molecule has 2 nitrogen and oxygen atoms in total. The average molecular weight is 805 g/mol. The van der Waals surface area contributed by atoms with Gasteiger partial charge in [-0.15, -0.1) is 0 Å². The second-order valence-corrected chi connectivity index (χ2v) is 18.6. The van der Waals surface area contributed by atoms with Gasteiger partial charge in [-0.3, -0.25) is 0 Å². The molecule has 0 fully saturated rings. The molecule has 2 N–H and O–H groups in total. The van der Waals surface area contributed by atoms with Gasteiger partial charge in [0.1, 0.15) is 0 Å². The van der Waals surface area contributed by atoms with E-state index in [-0.39, 0.29) is 0 Å². The highest BCUT2D eigenvalue weighted by Gasteiger charge is 2.28. The summed E-state index contributed by atoms with van der Waals surface area (Å²) in [5, 5.41) is 18.5. The van der Waals surface area contributed by atoms with Crippen LogP contribution in [0, 0.1) is 0 Å². The first-order chi connectivity index (χ1) is 29.8. The molecule has 0 bridgehead atoms. The van der Waals surface area contributed by atoms with Gasteiger partial charge in [0, 0.05) is 43.5 Å². The predicted molar refractivity (Wildman–Crippen MR) is 263 cm³/mol. The van der Waals surface area contributed by atoms with E-state index in [1.165, 1.54) is 53.9 Å². The number of anilines is 2.